The van der Waals surface area contributed by atoms with Crippen LogP contribution in [0.5, 0.6) is 0 Å². The first-order chi connectivity index (χ1) is 15.2. The molecule has 0 radical (unpaired) electrons. The van der Waals surface area contributed by atoms with Gasteiger partial charge in [-0.15, -0.1) is 0 Å². The van der Waals surface area contributed by atoms with Crippen molar-refractivity contribution in [3.05, 3.63) is 42.1 Å². The first kappa shape index (κ1) is 18.8. The number of aliphatic imine (C=N–C) groups is 1. The maximum atomic E-state index is 13.4. The fourth-order valence-corrected chi connectivity index (χ4v) is 5.56. The molecule has 0 bridgehead atoms. The number of nitrogens with one attached hydrogen (secondary N) is 1. The molecule has 31 heavy (non-hydrogen) atoms. The third-order valence-electron chi connectivity index (χ3n) is 7.06. The number of hydrogen-bond donors (Lipinski definition) is 1. The molecule has 4 heterocycles. The van der Waals surface area contributed by atoms with E-state index in [9.17, 15) is 4.79 Å². The molecule has 1 N–H and O–H groups in total. The summed E-state index contributed by atoms with van der Waals surface area (Å²) >= 11 is 0. The normalized spacial score (nSPS) is 23.5. The highest BCUT2D eigenvalue weighted by Crippen LogP contribution is 2.40. The van der Waals surface area contributed by atoms with Crippen molar-refractivity contribution in [3.63, 3.8) is 0 Å². The lowest BCUT2D eigenvalue weighted by molar-refractivity contribution is -0.120. The molecule has 3 aliphatic rings. The maximum Gasteiger partial charge on any atom is 0.237 e. The SMILES string of the molecule is CCCN1C(=O)C2CC(Cn3cnc4ccccc43)N=C2c2[nH]c(C3CCCC3)nc21. The lowest BCUT2D eigenvalue weighted by Gasteiger charge is -2.29. The molecule has 3 aromatic rings. The van der Waals surface area contributed by atoms with E-state index in [1.807, 2.05) is 29.4 Å². The molecule has 160 valence electrons. The largest absolute Gasteiger partial charge is 0.339 e. The van der Waals surface area contributed by atoms with Gasteiger partial charge in [-0.1, -0.05) is 31.9 Å². The number of benzene rings is 1. The summed E-state index contributed by atoms with van der Waals surface area (Å²) in [5.41, 5.74) is 4.01. The van der Waals surface area contributed by atoms with Gasteiger partial charge in [-0.05, 0) is 37.8 Å². The van der Waals surface area contributed by atoms with Gasteiger partial charge in [-0.25, -0.2) is 9.97 Å². The average molecular weight is 417 g/mol. The number of anilines is 1. The molecule has 0 spiro atoms. The number of carbonyl (C=O) groups excluding carboxylic acids is 1. The molecule has 2 atom stereocenters. The summed E-state index contributed by atoms with van der Waals surface area (Å²) in [6.07, 6.45) is 8.44. The highest BCUT2D eigenvalue weighted by Gasteiger charge is 2.45. The molecule has 2 aliphatic heterocycles. The summed E-state index contributed by atoms with van der Waals surface area (Å²) in [6, 6.07) is 8.22. The van der Waals surface area contributed by atoms with Crippen LogP contribution in [-0.2, 0) is 11.3 Å². The van der Waals surface area contributed by atoms with Crippen molar-refractivity contribution < 1.29 is 4.79 Å². The van der Waals surface area contributed by atoms with Gasteiger partial charge in [0.05, 0.1) is 35.0 Å². The van der Waals surface area contributed by atoms with Crippen molar-refractivity contribution in [1.29, 1.82) is 0 Å². The Morgan fingerprint density at radius 1 is 1.19 bits per heavy atom. The smallest absolute Gasteiger partial charge is 0.237 e. The van der Waals surface area contributed by atoms with E-state index < -0.39 is 0 Å². The van der Waals surface area contributed by atoms with Gasteiger partial charge in [0.25, 0.3) is 0 Å². The number of para-hydroxylation sites is 2. The molecule has 7 nitrogen and oxygen atoms in total. The van der Waals surface area contributed by atoms with Gasteiger partial charge in [0.2, 0.25) is 5.91 Å². The van der Waals surface area contributed by atoms with Crippen LogP contribution in [-0.4, -0.2) is 43.7 Å². The number of rotatable bonds is 5. The van der Waals surface area contributed by atoms with Crippen LogP contribution in [0.25, 0.3) is 11.0 Å². The summed E-state index contributed by atoms with van der Waals surface area (Å²) < 4.78 is 2.16. The van der Waals surface area contributed by atoms with Crippen LogP contribution in [0.15, 0.2) is 35.6 Å². The lowest BCUT2D eigenvalue weighted by atomic mass is 9.92. The van der Waals surface area contributed by atoms with Gasteiger partial charge in [-0.2, -0.15) is 0 Å². The monoisotopic (exact) mass is 416 g/mol. The molecule has 2 unspecified atom stereocenters. The number of hydrogen-bond acceptors (Lipinski definition) is 4. The third-order valence-corrected chi connectivity index (χ3v) is 7.06. The Bertz CT molecular complexity index is 1170. The van der Waals surface area contributed by atoms with Gasteiger partial charge in [0, 0.05) is 19.0 Å². The molecular formula is C24H28N6O. The fraction of sp³-hybridized carbons (Fsp3) is 0.500. The van der Waals surface area contributed by atoms with E-state index in [2.05, 4.69) is 27.5 Å². The second-order valence-corrected chi connectivity index (χ2v) is 9.13. The van der Waals surface area contributed by atoms with Crippen LogP contribution in [0.4, 0.5) is 5.82 Å². The van der Waals surface area contributed by atoms with E-state index in [0.29, 0.717) is 12.5 Å². The summed E-state index contributed by atoms with van der Waals surface area (Å²) in [5.74, 6) is 2.32. The number of aromatic amines is 1. The predicted molar refractivity (Wildman–Crippen MR) is 121 cm³/mol. The van der Waals surface area contributed by atoms with Crippen LogP contribution < -0.4 is 4.90 Å². The Labute approximate surface area is 181 Å². The van der Waals surface area contributed by atoms with Crippen molar-refractivity contribution in [2.45, 2.75) is 64.0 Å². The van der Waals surface area contributed by atoms with E-state index in [1.54, 1.807) is 0 Å². The Morgan fingerprint density at radius 3 is 2.87 bits per heavy atom. The van der Waals surface area contributed by atoms with Crippen molar-refractivity contribution >= 4 is 28.5 Å². The summed E-state index contributed by atoms with van der Waals surface area (Å²) in [6.45, 7) is 3.56. The van der Waals surface area contributed by atoms with Gasteiger partial charge in [0.15, 0.2) is 5.82 Å². The second-order valence-electron chi connectivity index (χ2n) is 9.13. The lowest BCUT2D eigenvalue weighted by Crippen LogP contribution is -2.44. The molecular weight excluding hydrogens is 388 g/mol. The minimum atomic E-state index is -0.171. The average Bonchev–Trinajstić information content (AvgIpc) is 3.56. The van der Waals surface area contributed by atoms with Crippen LogP contribution in [0.1, 0.15) is 62.9 Å². The maximum absolute atomic E-state index is 13.4. The van der Waals surface area contributed by atoms with Gasteiger partial charge >= 0.3 is 0 Å². The molecule has 1 aliphatic carbocycles. The van der Waals surface area contributed by atoms with Crippen molar-refractivity contribution in [3.8, 4) is 0 Å². The zero-order chi connectivity index (χ0) is 20.9. The third kappa shape index (κ3) is 3.01. The minimum absolute atomic E-state index is 0.0641. The van der Waals surface area contributed by atoms with Crippen LogP contribution >= 0.6 is 0 Å². The number of aromatic nitrogens is 4. The van der Waals surface area contributed by atoms with Crippen LogP contribution in [0.3, 0.4) is 0 Å². The highest BCUT2D eigenvalue weighted by atomic mass is 16.2. The Balaban J connectivity index is 1.35. The van der Waals surface area contributed by atoms with Crippen molar-refractivity contribution in [2.24, 2.45) is 10.9 Å². The quantitative estimate of drug-likeness (QED) is 0.681. The van der Waals surface area contributed by atoms with E-state index >= 15 is 0 Å². The minimum Gasteiger partial charge on any atom is -0.339 e. The number of nitrogens with zero attached hydrogens (tertiary/aromatic N) is 5. The van der Waals surface area contributed by atoms with Crippen LogP contribution in [0, 0.1) is 5.92 Å². The number of carbonyl (C=O) groups is 1. The Hall–Kier alpha value is -2.96. The predicted octanol–water partition coefficient (Wildman–Crippen LogP) is 4.05. The van der Waals surface area contributed by atoms with E-state index in [4.69, 9.17) is 9.98 Å². The molecule has 1 aromatic carbocycles. The van der Waals surface area contributed by atoms with Gasteiger partial charge < -0.3 is 9.55 Å². The standard InChI is InChI=1S/C24H28N6O/c1-2-11-30-23-21(27-22(28-23)15-7-3-4-8-15)20-17(24(30)31)12-16(26-20)13-29-14-25-18-9-5-6-10-19(18)29/h5-6,9-10,14-17H,2-4,7-8,11-13H2,1H3,(H,27,28). The first-order valence-corrected chi connectivity index (χ1v) is 11.6. The number of H-pyrrole nitrogens is 1. The van der Waals surface area contributed by atoms with E-state index in [1.165, 1.54) is 25.7 Å². The molecule has 0 saturated heterocycles. The number of fused-ring (bicyclic) bond motifs is 4. The van der Waals surface area contributed by atoms with E-state index in [-0.39, 0.29) is 17.9 Å². The summed E-state index contributed by atoms with van der Waals surface area (Å²) in [5, 5.41) is 0. The van der Waals surface area contributed by atoms with E-state index in [0.717, 1.165) is 53.5 Å². The zero-order valence-electron chi connectivity index (χ0n) is 17.9. The van der Waals surface area contributed by atoms with Crippen LogP contribution in [0.2, 0.25) is 0 Å². The Morgan fingerprint density at radius 2 is 2.03 bits per heavy atom. The molecule has 1 amide bonds. The first-order valence-electron chi connectivity index (χ1n) is 11.6. The molecule has 6 rings (SSSR count). The van der Waals surface area contributed by atoms with Crippen molar-refractivity contribution in [1.82, 2.24) is 19.5 Å². The molecule has 1 fully saturated rings. The molecule has 2 aromatic heterocycles. The Kier molecular flexibility index (Phi) is 4.44. The van der Waals surface area contributed by atoms with Gasteiger partial charge in [0.1, 0.15) is 11.5 Å². The zero-order valence-corrected chi connectivity index (χ0v) is 17.9. The van der Waals surface area contributed by atoms with Crippen molar-refractivity contribution in [2.75, 3.05) is 11.4 Å². The molecule has 1 saturated carbocycles. The molecule has 7 heteroatoms. The van der Waals surface area contributed by atoms with Gasteiger partial charge in [-0.3, -0.25) is 14.7 Å². The number of imidazole rings is 2. The second kappa shape index (κ2) is 7.32. The fourth-order valence-electron chi connectivity index (χ4n) is 5.56. The topological polar surface area (TPSA) is 79.2 Å². The summed E-state index contributed by atoms with van der Waals surface area (Å²) in [7, 11) is 0. The highest BCUT2D eigenvalue weighted by molar-refractivity contribution is 6.23. The summed E-state index contributed by atoms with van der Waals surface area (Å²) in [4.78, 5) is 33.5. The number of amides is 1.